The van der Waals surface area contributed by atoms with Crippen LogP contribution in [0.3, 0.4) is 0 Å². The Morgan fingerprint density at radius 3 is 2.55 bits per heavy atom. The smallest absolute Gasteiger partial charge is 0.332 e. The molecular formula is C37H37Cl2N9O5. The molecule has 3 aliphatic rings. The molecule has 1 aliphatic carbocycles. The first kappa shape index (κ1) is 35.0. The number of ether oxygens (including phenoxy) is 1. The van der Waals surface area contributed by atoms with Crippen LogP contribution < -0.4 is 26.6 Å². The molecule has 0 bridgehead atoms. The number of fused-ring (bicyclic) bond motifs is 2. The van der Waals surface area contributed by atoms with Gasteiger partial charge in [0, 0.05) is 68.6 Å². The molecule has 5 aromatic rings. The van der Waals surface area contributed by atoms with Crippen LogP contribution in [0.25, 0.3) is 33.4 Å². The summed E-state index contributed by atoms with van der Waals surface area (Å²) in [4.78, 5) is 55.8. The fourth-order valence-corrected chi connectivity index (χ4v) is 8.72. The van der Waals surface area contributed by atoms with E-state index in [1.165, 1.54) is 17.9 Å². The topological polar surface area (TPSA) is 160 Å². The van der Waals surface area contributed by atoms with Gasteiger partial charge in [-0.3, -0.25) is 18.8 Å². The van der Waals surface area contributed by atoms with Crippen LogP contribution in [-0.2, 0) is 20.5 Å². The lowest BCUT2D eigenvalue weighted by Crippen LogP contribution is -2.46. The first-order valence-corrected chi connectivity index (χ1v) is 18.0. The van der Waals surface area contributed by atoms with E-state index in [2.05, 4.69) is 31.6 Å². The number of urea groups is 1. The summed E-state index contributed by atoms with van der Waals surface area (Å²) in [6, 6.07) is 13.2. The molecule has 1 spiro atoms. The zero-order chi connectivity index (χ0) is 37.2. The number of likely N-dealkylation sites (tertiary alicyclic amines) is 1. The van der Waals surface area contributed by atoms with Gasteiger partial charge in [-0.05, 0) is 37.0 Å². The maximum absolute atomic E-state index is 13.1. The van der Waals surface area contributed by atoms with Crippen LogP contribution in [-0.4, -0.2) is 90.5 Å². The summed E-state index contributed by atoms with van der Waals surface area (Å²) in [7, 11) is 4.58. The molecule has 2 aliphatic heterocycles. The Kier molecular flexibility index (Phi) is 8.88. The largest absolute Gasteiger partial charge is 0.481 e. The van der Waals surface area contributed by atoms with E-state index in [-0.39, 0.29) is 41.1 Å². The summed E-state index contributed by atoms with van der Waals surface area (Å²) in [6.07, 6.45) is 3.85. The summed E-state index contributed by atoms with van der Waals surface area (Å²) in [5.41, 5.74) is 4.23. The third kappa shape index (κ3) is 5.80. The molecular weight excluding hydrogens is 721 g/mol. The minimum absolute atomic E-state index is 0.0617. The predicted molar refractivity (Wildman–Crippen MR) is 202 cm³/mol. The highest BCUT2D eigenvalue weighted by molar-refractivity contribution is 6.39. The molecule has 2 saturated heterocycles. The molecule has 2 aromatic carbocycles. The van der Waals surface area contributed by atoms with Crippen molar-refractivity contribution in [3.63, 3.8) is 0 Å². The predicted octanol–water partition coefficient (Wildman–Crippen LogP) is 4.26. The molecule has 3 N–H and O–H groups in total. The molecule has 14 nitrogen and oxygen atoms in total. The monoisotopic (exact) mass is 757 g/mol. The second kappa shape index (κ2) is 13.4. The Labute approximate surface area is 314 Å². The summed E-state index contributed by atoms with van der Waals surface area (Å²) < 4.78 is 8.23. The SMILES string of the molecule is COc1nc(-c2cccc(-c3cccc(Nc4ncnc5c4c(=O)n(C)c(=O)n5C)c3Cl)c2Cl)cc2c1[C@@H](N1CC[C@@]3(CN(CCO)C(=O)N3)C1)CC2. The molecule has 0 saturated carbocycles. The number of nitrogens with zero attached hydrogens (tertiary/aromatic N) is 7. The molecule has 0 unspecified atom stereocenters. The number of carbonyl (C=O) groups excluding carboxylic acids is 1. The van der Waals surface area contributed by atoms with Crippen molar-refractivity contribution in [2.75, 3.05) is 45.2 Å². The van der Waals surface area contributed by atoms with E-state index in [0.717, 1.165) is 41.5 Å². The Hall–Kier alpha value is -5.02. The van der Waals surface area contributed by atoms with Gasteiger partial charge in [-0.2, -0.15) is 0 Å². The number of carbonyl (C=O) groups is 1. The average Bonchev–Trinajstić information content (AvgIpc) is 3.86. The van der Waals surface area contributed by atoms with Crippen LogP contribution in [0, 0.1) is 0 Å². The number of amides is 2. The second-order valence-electron chi connectivity index (χ2n) is 13.8. The van der Waals surface area contributed by atoms with Gasteiger partial charge in [0.1, 0.15) is 17.5 Å². The van der Waals surface area contributed by atoms with Gasteiger partial charge in [0.05, 0.1) is 40.7 Å². The van der Waals surface area contributed by atoms with E-state index < -0.39 is 11.2 Å². The number of pyridine rings is 1. The van der Waals surface area contributed by atoms with E-state index in [1.54, 1.807) is 25.1 Å². The number of aromatic nitrogens is 5. The zero-order valence-corrected chi connectivity index (χ0v) is 30.8. The Bertz CT molecular complexity index is 2440. The van der Waals surface area contributed by atoms with Crippen LogP contribution >= 0.6 is 23.2 Å². The number of aliphatic hydroxyl groups excluding tert-OH is 1. The van der Waals surface area contributed by atoms with Crippen molar-refractivity contribution in [2.24, 2.45) is 14.1 Å². The van der Waals surface area contributed by atoms with Crippen molar-refractivity contribution in [1.29, 1.82) is 0 Å². The Morgan fingerprint density at radius 1 is 1.02 bits per heavy atom. The molecule has 5 heterocycles. The van der Waals surface area contributed by atoms with Gasteiger partial charge < -0.3 is 25.4 Å². The van der Waals surface area contributed by atoms with Gasteiger partial charge in [0.2, 0.25) is 5.88 Å². The minimum atomic E-state index is -0.532. The van der Waals surface area contributed by atoms with E-state index in [9.17, 15) is 19.5 Å². The van der Waals surface area contributed by atoms with E-state index in [0.29, 0.717) is 63.6 Å². The maximum atomic E-state index is 13.1. The molecule has 2 fully saturated rings. The van der Waals surface area contributed by atoms with Crippen molar-refractivity contribution in [3.8, 4) is 28.3 Å². The van der Waals surface area contributed by atoms with E-state index >= 15 is 0 Å². The van der Waals surface area contributed by atoms with Crippen molar-refractivity contribution >= 4 is 51.8 Å². The number of benzene rings is 2. The van der Waals surface area contributed by atoms with Crippen molar-refractivity contribution in [2.45, 2.75) is 30.8 Å². The lowest BCUT2D eigenvalue weighted by Gasteiger charge is -2.28. The van der Waals surface area contributed by atoms with Crippen molar-refractivity contribution < 1.29 is 14.6 Å². The van der Waals surface area contributed by atoms with Gasteiger partial charge in [-0.1, -0.05) is 53.5 Å². The number of hydrogen-bond acceptors (Lipinski definition) is 10. The third-order valence-electron chi connectivity index (χ3n) is 10.7. The Morgan fingerprint density at radius 2 is 1.77 bits per heavy atom. The molecule has 3 aromatic heterocycles. The summed E-state index contributed by atoms with van der Waals surface area (Å²) in [6.45, 7) is 2.38. The number of β-amino-alcohol motifs (C(OH)–C–C–N with tert-alkyl or cyclic N) is 1. The van der Waals surface area contributed by atoms with Crippen molar-refractivity contribution in [1.82, 2.24) is 39.2 Å². The fourth-order valence-electron chi connectivity index (χ4n) is 8.12. The molecule has 2 atom stereocenters. The van der Waals surface area contributed by atoms with Crippen LogP contribution in [0.1, 0.15) is 30.0 Å². The molecule has 2 amide bonds. The first-order valence-electron chi connectivity index (χ1n) is 17.3. The molecule has 16 heteroatoms. The maximum Gasteiger partial charge on any atom is 0.332 e. The van der Waals surface area contributed by atoms with Crippen LogP contribution in [0.15, 0.2) is 58.4 Å². The standard InChI is InChI=1S/C37H37Cl2N9O5/c1-45-32-28(34(50)46(2)36(45)52)31(40-19-41-32)42-24-9-5-7-22(30(24)39)21-6-4-8-23(29(21)38)25-16-20-10-11-26(27(20)33(43-25)53-3)47-13-12-37(17-47)18-48(14-15-49)35(51)44-37/h4-9,16,19,26,49H,10-15,17-18H2,1-3H3,(H,44,51)(H,40,41,42)/t26-,37-/m0/s1. The number of anilines is 2. The number of aliphatic hydroxyl groups is 1. The number of halogens is 2. The van der Waals surface area contributed by atoms with Crippen LogP contribution in [0.2, 0.25) is 10.0 Å². The summed E-state index contributed by atoms with van der Waals surface area (Å²) >= 11 is 14.2. The minimum Gasteiger partial charge on any atom is -0.481 e. The first-order chi connectivity index (χ1) is 25.5. The fraction of sp³-hybridized carbons (Fsp3) is 0.351. The second-order valence-corrected chi connectivity index (χ2v) is 14.6. The normalized spacial score (nSPS) is 19.7. The van der Waals surface area contributed by atoms with Gasteiger partial charge >= 0.3 is 11.7 Å². The number of hydrogen-bond donors (Lipinski definition) is 3. The summed E-state index contributed by atoms with van der Waals surface area (Å²) in [5.74, 6) is 0.753. The van der Waals surface area contributed by atoms with Crippen LogP contribution in [0.4, 0.5) is 16.3 Å². The number of nitrogens with one attached hydrogen (secondary N) is 2. The molecule has 274 valence electrons. The van der Waals surface area contributed by atoms with Crippen molar-refractivity contribution in [3.05, 3.63) is 90.8 Å². The van der Waals surface area contributed by atoms with Gasteiger partial charge in [-0.15, -0.1) is 0 Å². The highest BCUT2D eigenvalue weighted by Gasteiger charge is 2.49. The van der Waals surface area contributed by atoms with Gasteiger partial charge in [0.25, 0.3) is 5.56 Å². The van der Waals surface area contributed by atoms with Crippen LogP contribution in [0.5, 0.6) is 5.88 Å². The molecule has 0 radical (unpaired) electrons. The van der Waals surface area contributed by atoms with E-state index in [4.69, 9.17) is 32.9 Å². The molecule has 53 heavy (non-hydrogen) atoms. The number of aryl methyl sites for hydroxylation is 2. The highest BCUT2D eigenvalue weighted by Crippen LogP contribution is 2.47. The van der Waals surface area contributed by atoms with E-state index in [1.807, 2.05) is 30.3 Å². The number of methoxy groups -OCH3 is 1. The number of rotatable bonds is 8. The summed E-state index contributed by atoms with van der Waals surface area (Å²) in [5, 5.41) is 16.7. The lowest BCUT2D eigenvalue weighted by molar-refractivity contribution is 0.193. The average molecular weight is 759 g/mol. The highest BCUT2D eigenvalue weighted by atomic mass is 35.5. The van der Waals surface area contributed by atoms with Gasteiger partial charge in [-0.25, -0.2) is 24.5 Å². The Balaban J connectivity index is 1.10. The third-order valence-corrected chi connectivity index (χ3v) is 11.5. The molecule has 8 rings (SSSR count). The van der Waals surface area contributed by atoms with Gasteiger partial charge in [0.15, 0.2) is 5.65 Å². The lowest BCUT2D eigenvalue weighted by atomic mass is 9.99. The zero-order valence-electron chi connectivity index (χ0n) is 29.3. The quantitative estimate of drug-likeness (QED) is 0.209.